The van der Waals surface area contributed by atoms with Crippen LogP contribution in [0.1, 0.15) is 32.1 Å². The maximum Gasteiger partial charge on any atom is 0.309 e. The molecule has 0 unspecified atom stereocenters. The monoisotopic (exact) mass is 348 g/mol. The second-order valence-corrected chi connectivity index (χ2v) is 7.59. The van der Waals surface area contributed by atoms with Crippen LogP contribution in [0.5, 0.6) is 17.4 Å². The first-order valence-electron chi connectivity index (χ1n) is 8.07. The SMILES string of the molecule is O=S(=O)(CCCCC1CC1)Oc1ccc(Oc2cnccn2)cc1. The van der Waals surface area contributed by atoms with Gasteiger partial charge >= 0.3 is 10.1 Å². The predicted octanol–water partition coefficient (Wildman–Crippen LogP) is 3.56. The van der Waals surface area contributed by atoms with E-state index >= 15 is 0 Å². The van der Waals surface area contributed by atoms with E-state index in [9.17, 15) is 8.42 Å². The molecule has 1 aliphatic rings. The van der Waals surface area contributed by atoms with Crippen molar-refractivity contribution in [2.45, 2.75) is 32.1 Å². The molecule has 1 heterocycles. The number of aromatic nitrogens is 2. The molecule has 1 saturated carbocycles. The number of benzene rings is 1. The molecular formula is C17H20N2O4S. The van der Waals surface area contributed by atoms with Gasteiger partial charge in [-0.25, -0.2) is 4.98 Å². The van der Waals surface area contributed by atoms with Crippen LogP contribution in [0.4, 0.5) is 0 Å². The lowest BCUT2D eigenvalue weighted by atomic mass is 10.2. The average Bonchev–Trinajstić information content (AvgIpc) is 3.39. The zero-order valence-corrected chi connectivity index (χ0v) is 14.1. The van der Waals surface area contributed by atoms with Crippen molar-refractivity contribution in [2.75, 3.05) is 5.75 Å². The van der Waals surface area contributed by atoms with E-state index in [2.05, 4.69) is 9.97 Å². The number of rotatable bonds is 9. The summed E-state index contributed by atoms with van der Waals surface area (Å²) in [4.78, 5) is 7.91. The molecule has 0 aliphatic heterocycles. The summed E-state index contributed by atoms with van der Waals surface area (Å²) in [5, 5.41) is 0. The molecule has 24 heavy (non-hydrogen) atoms. The van der Waals surface area contributed by atoms with Gasteiger partial charge in [-0.15, -0.1) is 0 Å². The van der Waals surface area contributed by atoms with Crippen molar-refractivity contribution in [2.24, 2.45) is 5.92 Å². The zero-order chi connectivity index (χ0) is 16.8. The number of unbranched alkanes of at least 4 members (excludes halogenated alkanes) is 1. The molecule has 7 heteroatoms. The number of hydrogen-bond donors (Lipinski definition) is 0. The van der Waals surface area contributed by atoms with Gasteiger partial charge in [0.25, 0.3) is 0 Å². The summed E-state index contributed by atoms with van der Waals surface area (Å²) in [5.41, 5.74) is 0. The van der Waals surface area contributed by atoms with Gasteiger partial charge < -0.3 is 8.92 Å². The van der Waals surface area contributed by atoms with Crippen LogP contribution in [-0.4, -0.2) is 24.1 Å². The van der Waals surface area contributed by atoms with Crippen LogP contribution in [0.3, 0.4) is 0 Å². The molecule has 1 aliphatic carbocycles. The van der Waals surface area contributed by atoms with E-state index in [1.165, 1.54) is 25.2 Å². The van der Waals surface area contributed by atoms with E-state index in [0.29, 0.717) is 18.1 Å². The number of ether oxygens (including phenoxy) is 1. The third kappa shape index (κ3) is 5.49. The summed E-state index contributed by atoms with van der Waals surface area (Å²) in [6.45, 7) is 0. The predicted molar refractivity (Wildman–Crippen MR) is 89.5 cm³/mol. The normalized spacial score (nSPS) is 14.3. The van der Waals surface area contributed by atoms with Crippen molar-refractivity contribution in [1.29, 1.82) is 0 Å². The third-order valence-corrected chi connectivity index (χ3v) is 5.00. The highest BCUT2D eigenvalue weighted by molar-refractivity contribution is 7.87. The van der Waals surface area contributed by atoms with Crippen molar-refractivity contribution < 1.29 is 17.3 Å². The van der Waals surface area contributed by atoms with Crippen LogP contribution in [0.2, 0.25) is 0 Å². The summed E-state index contributed by atoms with van der Waals surface area (Å²) in [7, 11) is -3.55. The Kier molecular flexibility index (Phi) is 5.30. The van der Waals surface area contributed by atoms with E-state index in [-0.39, 0.29) is 11.5 Å². The van der Waals surface area contributed by atoms with Gasteiger partial charge in [-0.2, -0.15) is 8.42 Å². The van der Waals surface area contributed by atoms with E-state index in [1.54, 1.807) is 30.5 Å². The van der Waals surface area contributed by atoms with E-state index < -0.39 is 10.1 Å². The van der Waals surface area contributed by atoms with Gasteiger partial charge in [0.1, 0.15) is 11.5 Å². The first-order valence-corrected chi connectivity index (χ1v) is 9.64. The highest BCUT2D eigenvalue weighted by Crippen LogP contribution is 2.33. The van der Waals surface area contributed by atoms with Crippen molar-refractivity contribution in [1.82, 2.24) is 9.97 Å². The van der Waals surface area contributed by atoms with Crippen LogP contribution < -0.4 is 8.92 Å². The Bertz CT molecular complexity index is 744. The summed E-state index contributed by atoms with van der Waals surface area (Å²) in [6, 6.07) is 6.39. The third-order valence-electron chi connectivity index (χ3n) is 3.76. The molecule has 1 fully saturated rings. The largest absolute Gasteiger partial charge is 0.438 e. The summed E-state index contributed by atoms with van der Waals surface area (Å²) in [5.74, 6) is 2.07. The van der Waals surface area contributed by atoms with Gasteiger partial charge in [-0.3, -0.25) is 4.98 Å². The van der Waals surface area contributed by atoms with E-state index in [4.69, 9.17) is 8.92 Å². The highest BCUT2D eigenvalue weighted by Gasteiger charge is 2.21. The second-order valence-electron chi connectivity index (χ2n) is 5.90. The summed E-state index contributed by atoms with van der Waals surface area (Å²) in [6.07, 6.45) is 9.89. The molecular weight excluding hydrogens is 328 g/mol. The molecule has 1 aromatic heterocycles. The van der Waals surface area contributed by atoms with Crippen molar-refractivity contribution in [3.8, 4) is 17.4 Å². The van der Waals surface area contributed by atoms with Crippen molar-refractivity contribution in [3.05, 3.63) is 42.9 Å². The molecule has 0 spiro atoms. The van der Waals surface area contributed by atoms with Gasteiger partial charge in [0, 0.05) is 12.4 Å². The van der Waals surface area contributed by atoms with Crippen LogP contribution in [0.25, 0.3) is 0 Å². The molecule has 0 N–H and O–H groups in total. The quantitative estimate of drug-likeness (QED) is 0.509. The molecule has 0 saturated heterocycles. The molecule has 0 radical (unpaired) electrons. The fourth-order valence-electron chi connectivity index (χ4n) is 2.33. The summed E-state index contributed by atoms with van der Waals surface area (Å²) < 4.78 is 34.5. The minimum atomic E-state index is -3.55. The molecule has 128 valence electrons. The molecule has 0 atom stereocenters. The fraction of sp³-hybridized carbons (Fsp3) is 0.412. The maximum absolute atomic E-state index is 12.0. The van der Waals surface area contributed by atoms with Crippen LogP contribution in [-0.2, 0) is 10.1 Å². The van der Waals surface area contributed by atoms with Gasteiger partial charge in [-0.05, 0) is 36.6 Å². The lowest BCUT2D eigenvalue weighted by Crippen LogP contribution is -2.13. The number of hydrogen-bond acceptors (Lipinski definition) is 6. The lowest BCUT2D eigenvalue weighted by Gasteiger charge is -2.08. The van der Waals surface area contributed by atoms with Crippen LogP contribution in [0.15, 0.2) is 42.9 Å². The minimum Gasteiger partial charge on any atom is -0.438 e. The van der Waals surface area contributed by atoms with Crippen LogP contribution >= 0.6 is 0 Å². The molecule has 0 bridgehead atoms. The first-order chi connectivity index (χ1) is 11.6. The van der Waals surface area contributed by atoms with Gasteiger partial charge in [0.15, 0.2) is 0 Å². The zero-order valence-electron chi connectivity index (χ0n) is 13.3. The van der Waals surface area contributed by atoms with Crippen molar-refractivity contribution in [3.63, 3.8) is 0 Å². The number of nitrogens with zero attached hydrogens (tertiary/aromatic N) is 2. The Balaban J connectivity index is 1.49. The van der Waals surface area contributed by atoms with E-state index in [1.807, 2.05) is 0 Å². The van der Waals surface area contributed by atoms with Crippen LogP contribution in [0, 0.1) is 5.92 Å². The Morgan fingerprint density at radius 1 is 1.04 bits per heavy atom. The average molecular weight is 348 g/mol. The molecule has 3 rings (SSSR count). The smallest absolute Gasteiger partial charge is 0.309 e. The molecule has 1 aromatic carbocycles. The Morgan fingerprint density at radius 3 is 2.46 bits per heavy atom. The fourth-order valence-corrected chi connectivity index (χ4v) is 3.37. The molecule has 0 amide bonds. The minimum absolute atomic E-state index is 0.0532. The standard InChI is InChI=1S/C17H20N2O4S/c20-24(21,12-2-1-3-14-4-5-14)23-16-8-6-15(7-9-16)22-17-13-18-10-11-19-17/h6-11,13-14H,1-5,12H2. The highest BCUT2D eigenvalue weighted by atomic mass is 32.2. The summed E-state index contributed by atoms with van der Waals surface area (Å²) >= 11 is 0. The van der Waals surface area contributed by atoms with Crippen molar-refractivity contribution >= 4 is 10.1 Å². The van der Waals surface area contributed by atoms with Gasteiger partial charge in [0.2, 0.25) is 5.88 Å². The van der Waals surface area contributed by atoms with Gasteiger partial charge in [0.05, 0.1) is 11.9 Å². The Morgan fingerprint density at radius 2 is 1.79 bits per heavy atom. The molecule has 6 nitrogen and oxygen atoms in total. The Labute approximate surface area is 142 Å². The van der Waals surface area contributed by atoms with E-state index in [0.717, 1.165) is 18.8 Å². The lowest BCUT2D eigenvalue weighted by molar-refractivity contribution is 0.456. The molecule has 2 aromatic rings. The first kappa shape index (κ1) is 16.7. The Hall–Kier alpha value is -2.15. The van der Waals surface area contributed by atoms with Gasteiger partial charge in [-0.1, -0.05) is 25.7 Å². The topological polar surface area (TPSA) is 78.4 Å². The second kappa shape index (κ2) is 7.61. The maximum atomic E-state index is 12.0.